The first-order chi connectivity index (χ1) is 11.7. The van der Waals surface area contributed by atoms with Gasteiger partial charge in [-0.1, -0.05) is 30.3 Å². The average molecular weight is 324 g/mol. The maximum atomic E-state index is 12.6. The van der Waals surface area contributed by atoms with Crippen LogP contribution in [0.25, 0.3) is 11.4 Å². The highest BCUT2D eigenvalue weighted by atomic mass is 16.2. The first-order valence-electron chi connectivity index (χ1n) is 8.35. The van der Waals surface area contributed by atoms with Crippen molar-refractivity contribution in [3.63, 3.8) is 0 Å². The molecule has 0 spiro atoms. The average Bonchev–Trinajstić information content (AvgIpc) is 2.90. The fourth-order valence-corrected chi connectivity index (χ4v) is 3.94. The molecular weight excluding hydrogens is 304 g/mol. The summed E-state index contributed by atoms with van der Waals surface area (Å²) >= 11 is 0. The Morgan fingerprint density at radius 2 is 1.92 bits per heavy atom. The molecule has 2 N–H and O–H groups in total. The molecule has 0 saturated carbocycles. The van der Waals surface area contributed by atoms with E-state index in [0.29, 0.717) is 18.7 Å². The van der Waals surface area contributed by atoms with Gasteiger partial charge >= 0.3 is 6.03 Å². The van der Waals surface area contributed by atoms with E-state index in [2.05, 4.69) is 10.3 Å². The molecule has 3 heterocycles. The number of nitrogens with one attached hydrogen (secondary N) is 2. The van der Waals surface area contributed by atoms with E-state index in [1.54, 1.807) is 7.05 Å². The van der Waals surface area contributed by atoms with Crippen molar-refractivity contribution in [2.45, 2.75) is 37.8 Å². The van der Waals surface area contributed by atoms with E-state index in [9.17, 15) is 9.59 Å². The van der Waals surface area contributed by atoms with E-state index in [-0.39, 0.29) is 23.7 Å². The van der Waals surface area contributed by atoms with Gasteiger partial charge in [-0.25, -0.2) is 9.78 Å². The highest BCUT2D eigenvalue weighted by Crippen LogP contribution is 2.32. The summed E-state index contributed by atoms with van der Waals surface area (Å²) in [6.45, 7) is 0. The fraction of sp³-hybridized carbons (Fsp3) is 0.389. The Bertz CT molecular complexity index is 831. The molecule has 2 aromatic rings. The molecule has 6 heteroatoms. The van der Waals surface area contributed by atoms with E-state index < -0.39 is 0 Å². The first kappa shape index (κ1) is 14.9. The third-order valence-corrected chi connectivity index (χ3v) is 5.09. The van der Waals surface area contributed by atoms with Crippen molar-refractivity contribution >= 4 is 6.03 Å². The molecular formula is C18H20N4O2. The fourth-order valence-electron chi connectivity index (χ4n) is 3.94. The minimum Gasteiger partial charge on any atom is -0.341 e. The molecule has 0 radical (unpaired) electrons. The van der Waals surface area contributed by atoms with E-state index in [1.807, 2.05) is 35.2 Å². The van der Waals surface area contributed by atoms with E-state index in [0.717, 1.165) is 29.7 Å². The van der Waals surface area contributed by atoms with Crippen LogP contribution < -0.4 is 10.9 Å². The number of aromatic amines is 1. The maximum absolute atomic E-state index is 12.6. The van der Waals surface area contributed by atoms with Crippen molar-refractivity contribution in [3.05, 3.63) is 51.9 Å². The molecule has 1 aromatic carbocycles. The van der Waals surface area contributed by atoms with Crippen LogP contribution in [0.4, 0.5) is 4.79 Å². The van der Waals surface area contributed by atoms with Crippen LogP contribution >= 0.6 is 0 Å². The summed E-state index contributed by atoms with van der Waals surface area (Å²) in [5, 5.41) is 2.72. The Kier molecular flexibility index (Phi) is 3.59. The maximum Gasteiger partial charge on any atom is 0.317 e. The number of carbonyl (C=O) groups is 1. The molecule has 0 aliphatic carbocycles. The molecule has 2 amide bonds. The molecule has 1 aromatic heterocycles. The van der Waals surface area contributed by atoms with Gasteiger partial charge in [-0.2, -0.15) is 0 Å². The number of H-pyrrole nitrogens is 1. The van der Waals surface area contributed by atoms with Crippen LogP contribution in [0, 0.1) is 0 Å². The Hall–Kier alpha value is -2.63. The van der Waals surface area contributed by atoms with Gasteiger partial charge in [0.05, 0.1) is 5.69 Å². The van der Waals surface area contributed by atoms with Gasteiger partial charge in [0.2, 0.25) is 0 Å². The number of rotatable bonds is 1. The van der Waals surface area contributed by atoms with Gasteiger partial charge in [0.15, 0.2) is 0 Å². The number of benzene rings is 1. The van der Waals surface area contributed by atoms with Crippen LogP contribution in [0.3, 0.4) is 0 Å². The lowest BCUT2D eigenvalue weighted by Gasteiger charge is -2.27. The van der Waals surface area contributed by atoms with Crippen molar-refractivity contribution in [2.24, 2.45) is 0 Å². The number of hydrogen-bond donors (Lipinski definition) is 2. The molecule has 1 saturated heterocycles. The summed E-state index contributed by atoms with van der Waals surface area (Å²) in [5.74, 6) is 0.601. The molecule has 2 atom stereocenters. The molecule has 6 nitrogen and oxygen atoms in total. The van der Waals surface area contributed by atoms with Crippen molar-refractivity contribution in [2.75, 3.05) is 7.05 Å². The van der Waals surface area contributed by atoms with E-state index in [4.69, 9.17) is 4.98 Å². The summed E-state index contributed by atoms with van der Waals surface area (Å²) < 4.78 is 0. The highest BCUT2D eigenvalue weighted by molar-refractivity contribution is 5.75. The van der Waals surface area contributed by atoms with E-state index >= 15 is 0 Å². The monoisotopic (exact) mass is 324 g/mol. The second kappa shape index (κ2) is 5.78. The number of aromatic nitrogens is 2. The van der Waals surface area contributed by atoms with Crippen LogP contribution in [0.15, 0.2) is 35.1 Å². The predicted molar refractivity (Wildman–Crippen MR) is 90.8 cm³/mol. The molecule has 124 valence electrons. The highest BCUT2D eigenvalue weighted by Gasteiger charge is 2.40. The van der Waals surface area contributed by atoms with Crippen molar-refractivity contribution in [1.82, 2.24) is 20.2 Å². The lowest BCUT2D eigenvalue weighted by atomic mass is 9.98. The topological polar surface area (TPSA) is 78.1 Å². The standard InChI is InChI=1S/C18H20N4O2/c1-19-18(24)22-12-7-8-13(22)10-15-14(9-12)17(23)21-16(20-15)11-5-3-2-4-6-11/h2-6,12-13H,7-10H2,1H3,(H,19,24)(H,20,21,23). The number of carbonyl (C=O) groups excluding carboxylic acids is 1. The summed E-state index contributed by atoms with van der Waals surface area (Å²) in [4.78, 5) is 34.4. The number of fused-ring (bicyclic) bond motifs is 3. The number of amides is 2. The normalized spacial score (nSPS) is 22.0. The zero-order chi connectivity index (χ0) is 16.7. The third kappa shape index (κ3) is 2.38. The Labute approximate surface area is 139 Å². The van der Waals surface area contributed by atoms with Crippen molar-refractivity contribution in [1.29, 1.82) is 0 Å². The summed E-state index contributed by atoms with van der Waals surface area (Å²) in [6, 6.07) is 9.80. The summed E-state index contributed by atoms with van der Waals surface area (Å²) in [7, 11) is 1.65. The molecule has 2 unspecified atom stereocenters. The van der Waals surface area contributed by atoms with Gasteiger partial charge in [-0.05, 0) is 12.8 Å². The zero-order valence-corrected chi connectivity index (χ0v) is 13.6. The Morgan fingerprint density at radius 3 is 2.62 bits per heavy atom. The van der Waals surface area contributed by atoms with Crippen molar-refractivity contribution < 1.29 is 4.79 Å². The van der Waals surface area contributed by atoms with Crippen LogP contribution in [-0.2, 0) is 12.8 Å². The lowest BCUT2D eigenvalue weighted by molar-refractivity contribution is 0.176. The second-order valence-electron chi connectivity index (χ2n) is 6.46. The molecule has 1 fully saturated rings. The van der Waals surface area contributed by atoms with E-state index in [1.165, 1.54) is 0 Å². The molecule has 2 bridgehead atoms. The molecule has 24 heavy (non-hydrogen) atoms. The molecule has 4 rings (SSSR count). The number of hydrogen-bond acceptors (Lipinski definition) is 3. The summed E-state index contributed by atoms with van der Waals surface area (Å²) in [5.41, 5.74) is 2.38. The van der Waals surface area contributed by atoms with Gasteiger partial charge in [-0.15, -0.1) is 0 Å². The van der Waals surface area contributed by atoms with Crippen LogP contribution in [-0.4, -0.2) is 40.0 Å². The van der Waals surface area contributed by atoms with Crippen LogP contribution in [0.1, 0.15) is 24.1 Å². The van der Waals surface area contributed by atoms with Crippen LogP contribution in [0.5, 0.6) is 0 Å². The lowest BCUT2D eigenvalue weighted by Crippen LogP contribution is -2.46. The number of nitrogens with zero attached hydrogens (tertiary/aromatic N) is 2. The first-order valence-corrected chi connectivity index (χ1v) is 8.35. The van der Waals surface area contributed by atoms with Gasteiger partial charge in [0, 0.05) is 43.1 Å². The Balaban J connectivity index is 1.76. The second-order valence-corrected chi connectivity index (χ2v) is 6.46. The van der Waals surface area contributed by atoms with Gasteiger partial charge in [0.25, 0.3) is 5.56 Å². The summed E-state index contributed by atoms with van der Waals surface area (Å²) in [6.07, 6.45) is 3.13. The third-order valence-electron chi connectivity index (χ3n) is 5.09. The smallest absolute Gasteiger partial charge is 0.317 e. The minimum atomic E-state index is -0.0803. The minimum absolute atomic E-state index is 0.0602. The zero-order valence-electron chi connectivity index (χ0n) is 13.6. The molecule has 2 aliphatic heterocycles. The number of urea groups is 1. The van der Waals surface area contributed by atoms with Gasteiger partial charge in [0.1, 0.15) is 5.82 Å². The largest absolute Gasteiger partial charge is 0.341 e. The SMILES string of the molecule is CNC(=O)N1C2CCC1Cc1c(nc(-c3ccccc3)[nH]c1=O)C2. The van der Waals surface area contributed by atoms with Gasteiger partial charge < -0.3 is 15.2 Å². The van der Waals surface area contributed by atoms with Crippen LogP contribution in [0.2, 0.25) is 0 Å². The van der Waals surface area contributed by atoms with Crippen molar-refractivity contribution in [3.8, 4) is 11.4 Å². The van der Waals surface area contributed by atoms with Gasteiger partial charge in [-0.3, -0.25) is 4.79 Å². The predicted octanol–water partition coefficient (Wildman–Crippen LogP) is 1.71. The Morgan fingerprint density at radius 1 is 1.21 bits per heavy atom. The molecule has 2 aliphatic rings. The quantitative estimate of drug-likeness (QED) is 0.838.